The molecule has 2 N–H and O–H groups in total. The molecule has 168 valence electrons. The number of carbonyl (C=O) groups is 1. The number of sulfonamides is 1. The van der Waals surface area contributed by atoms with Crippen molar-refractivity contribution in [3.63, 3.8) is 0 Å². The van der Waals surface area contributed by atoms with E-state index in [1.807, 2.05) is 32.0 Å². The molecule has 1 atom stereocenters. The van der Waals surface area contributed by atoms with Crippen LogP contribution in [-0.2, 0) is 14.8 Å². The molecule has 2 saturated heterocycles. The van der Waals surface area contributed by atoms with E-state index in [2.05, 4.69) is 15.5 Å². The quantitative estimate of drug-likeness (QED) is 0.679. The number of anilines is 1. The highest BCUT2D eigenvalue weighted by Crippen LogP contribution is 2.24. The van der Waals surface area contributed by atoms with E-state index in [0.717, 1.165) is 49.3 Å². The number of carbonyl (C=O) groups excluding carboxylic acids is 1. The lowest BCUT2D eigenvalue weighted by Gasteiger charge is -2.38. The van der Waals surface area contributed by atoms with Gasteiger partial charge in [-0.25, -0.2) is 17.5 Å². The van der Waals surface area contributed by atoms with Gasteiger partial charge in [-0.3, -0.25) is 4.90 Å². The average Bonchev–Trinajstić information content (AvgIpc) is 3.19. The van der Waals surface area contributed by atoms with Crippen LogP contribution in [0.15, 0.2) is 18.2 Å². The molecule has 0 bridgehead atoms. The fourth-order valence-electron chi connectivity index (χ4n) is 4.30. The lowest BCUT2D eigenvalue weighted by molar-refractivity contribution is 0.0197. The van der Waals surface area contributed by atoms with Gasteiger partial charge in [-0.2, -0.15) is 0 Å². The summed E-state index contributed by atoms with van der Waals surface area (Å²) in [5.74, 6) is 0. The molecule has 1 unspecified atom stereocenters. The summed E-state index contributed by atoms with van der Waals surface area (Å²) in [4.78, 5) is 14.8. The van der Waals surface area contributed by atoms with Crippen LogP contribution in [-0.4, -0.2) is 81.4 Å². The second-order valence-corrected chi connectivity index (χ2v) is 10.3. The van der Waals surface area contributed by atoms with E-state index in [1.54, 1.807) is 4.31 Å². The Kier molecular flexibility index (Phi) is 7.73. The minimum atomic E-state index is -3.17. The van der Waals surface area contributed by atoms with Crippen molar-refractivity contribution >= 4 is 21.7 Å². The zero-order chi connectivity index (χ0) is 21.7. The average molecular weight is 439 g/mol. The maximum absolute atomic E-state index is 12.4. The molecule has 0 radical (unpaired) electrons. The van der Waals surface area contributed by atoms with Gasteiger partial charge in [0.2, 0.25) is 10.0 Å². The maximum atomic E-state index is 12.4. The molecular formula is C21H34N4O4S. The minimum Gasteiger partial charge on any atom is -0.381 e. The summed E-state index contributed by atoms with van der Waals surface area (Å²) in [5, 5.41) is 5.88. The van der Waals surface area contributed by atoms with Crippen LogP contribution >= 0.6 is 0 Å². The molecule has 2 aliphatic heterocycles. The SMILES string of the molecule is Cc1ccc(C)c(NC(=O)NCCN(C2CCOCC2)C2CCN(S(C)(=O)=O)C2)c1. The third-order valence-electron chi connectivity index (χ3n) is 6.02. The Hall–Kier alpha value is -1.68. The summed E-state index contributed by atoms with van der Waals surface area (Å²) in [6.07, 6.45) is 3.96. The van der Waals surface area contributed by atoms with Gasteiger partial charge in [-0.1, -0.05) is 12.1 Å². The summed E-state index contributed by atoms with van der Waals surface area (Å²) < 4.78 is 30.9. The van der Waals surface area contributed by atoms with Crippen LogP contribution in [0.2, 0.25) is 0 Å². The largest absolute Gasteiger partial charge is 0.381 e. The summed E-state index contributed by atoms with van der Waals surface area (Å²) in [6, 6.07) is 6.28. The van der Waals surface area contributed by atoms with E-state index in [-0.39, 0.29) is 12.1 Å². The molecule has 0 spiro atoms. The van der Waals surface area contributed by atoms with Crippen LogP contribution in [0.5, 0.6) is 0 Å². The first-order valence-electron chi connectivity index (χ1n) is 10.6. The van der Waals surface area contributed by atoms with Crippen molar-refractivity contribution in [3.8, 4) is 0 Å². The zero-order valence-corrected chi connectivity index (χ0v) is 19.0. The normalized spacial score (nSPS) is 21.1. The van der Waals surface area contributed by atoms with Crippen LogP contribution in [0.4, 0.5) is 10.5 Å². The second-order valence-electron chi connectivity index (χ2n) is 8.34. The van der Waals surface area contributed by atoms with Crippen molar-refractivity contribution in [1.29, 1.82) is 0 Å². The molecule has 1 aromatic carbocycles. The van der Waals surface area contributed by atoms with Gasteiger partial charge >= 0.3 is 6.03 Å². The van der Waals surface area contributed by atoms with Gasteiger partial charge in [-0.15, -0.1) is 0 Å². The molecule has 30 heavy (non-hydrogen) atoms. The van der Waals surface area contributed by atoms with Crippen LogP contribution in [0.3, 0.4) is 0 Å². The molecule has 2 fully saturated rings. The molecule has 0 saturated carbocycles. The van der Waals surface area contributed by atoms with E-state index in [4.69, 9.17) is 4.74 Å². The van der Waals surface area contributed by atoms with E-state index in [9.17, 15) is 13.2 Å². The Labute approximate surface area is 180 Å². The van der Waals surface area contributed by atoms with Crippen molar-refractivity contribution in [3.05, 3.63) is 29.3 Å². The first-order chi connectivity index (χ1) is 14.2. The number of rotatable bonds is 7. The van der Waals surface area contributed by atoms with Gasteiger partial charge in [-0.05, 0) is 50.3 Å². The fraction of sp³-hybridized carbons (Fsp3) is 0.667. The summed E-state index contributed by atoms with van der Waals surface area (Å²) in [6.45, 7) is 7.69. The number of amides is 2. The number of aryl methyl sites for hydroxylation is 2. The highest BCUT2D eigenvalue weighted by atomic mass is 32.2. The Bertz CT molecular complexity index is 839. The highest BCUT2D eigenvalue weighted by Gasteiger charge is 2.35. The molecule has 2 heterocycles. The molecular weight excluding hydrogens is 404 g/mol. The maximum Gasteiger partial charge on any atom is 0.319 e. The molecule has 3 rings (SSSR count). The lowest BCUT2D eigenvalue weighted by atomic mass is 10.0. The Morgan fingerprint density at radius 2 is 1.93 bits per heavy atom. The second kappa shape index (κ2) is 10.1. The van der Waals surface area contributed by atoms with Crippen molar-refractivity contribution in [1.82, 2.24) is 14.5 Å². The van der Waals surface area contributed by atoms with Crippen molar-refractivity contribution in [2.45, 2.75) is 45.2 Å². The van der Waals surface area contributed by atoms with Gasteiger partial charge < -0.3 is 15.4 Å². The lowest BCUT2D eigenvalue weighted by Crippen LogP contribution is -2.50. The number of nitrogens with one attached hydrogen (secondary N) is 2. The predicted octanol–water partition coefficient (Wildman–Crippen LogP) is 1.94. The van der Waals surface area contributed by atoms with Gasteiger partial charge in [0, 0.05) is 57.2 Å². The Balaban J connectivity index is 1.57. The molecule has 2 aliphatic rings. The minimum absolute atomic E-state index is 0.173. The van der Waals surface area contributed by atoms with Crippen molar-refractivity contribution < 1.29 is 17.9 Å². The van der Waals surface area contributed by atoms with Crippen molar-refractivity contribution in [2.24, 2.45) is 0 Å². The molecule has 8 nitrogen and oxygen atoms in total. The first kappa shape index (κ1) is 23.0. The van der Waals surface area contributed by atoms with E-state index in [0.29, 0.717) is 32.2 Å². The zero-order valence-electron chi connectivity index (χ0n) is 18.2. The number of ether oxygens (including phenoxy) is 1. The molecule has 0 aliphatic carbocycles. The molecule has 0 aromatic heterocycles. The Morgan fingerprint density at radius 1 is 1.20 bits per heavy atom. The number of hydrogen-bond donors (Lipinski definition) is 2. The van der Waals surface area contributed by atoms with Crippen LogP contribution in [0.1, 0.15) is 30.4 Å². The first-order valence-corrected chi connectivity index (χ1v) is 12.5. The van der Waals surface area contributed by atoms with Gasteiger partial charge in [0.05, 0.1) is 6.26 Å². The van der Waals surface area contributed by atoms with Crippen molar-refractivity contribution in [2.75, 3.05) is 51.0 Å². The fourth-order valence-corrected chi connectivity index (χ4v) is 5.18. The smallest absolute Gasteiger partial charge is 0.319 e. The van der Waals surface area contributed by atoms with Gasteiger partial charge in [0.25, 0.3) is 0 Å². The standard InChI is InChI=1S/C21H34N4O4S/c1-16-4-5-17(2)20(14-16)23-21(26)22-9-11-25(18-7-12-29-13-8-18)19-6-10-24(15-19)30(3,27)28/h4-5,14,18-19H,6-13,15H2,1-3H3,(H2,22,23,26). The summed E-state index contributed by atoms with van der Waals surface area (Å²) in [5.41, 5.74) is 2.93. The van der Waals surface area contributed by atoms with Crippen LogP contribution in [0, 0.1) is 13.8 Å². The molecule has 1 aromatic rings. The van der Waals surface area contributed by atoms with Gasteiger partial charge in [0.1, 0.15) is 0 Å². The monoisotopic (exact) mass is 438 g/mol. The number of hydrogen-bond acceptors (Lipinski definition) is 5. The summed E-state index contributed by atoms with van der Waals surface area (Å²) in [7, 11) is -3.17. The van der Waals surface area contributed by atoms with Crippen LogP contribution < -0.4 is 10.6 Å². The topological polar surface area (TPSA) is 91.0 Å². The third-order valence-corrected chi connectivity index (χ3v) is 7.29. The van der Waals surface area contributed by atoms with E-state index >= 15 is 0 Å². The molecule has 9 heteroatoms. The third kappa shape index (κ3) is 6.16. The van der Waals surface area contributed by atoms with E-state index < -0.39 is 10.0 Å². The Morgan fingerprint density at radius 3 is 2.60 bits per heavy atom. The van der Waals surface area contributed by atoms with Crippen LogP contribution in [0.25, 0.3) is 0 Å². The number of urea groups is 1. The number of benzene rings is 1. The predicted molar refractivity (Wildman–Crippen MR) is 118 cm³/mol. The highest BCUT2D eigenvalue weighted by molar-refractivity contribution is 7.88. The number of nitrogens with zero attached hydrogens (tertiary/aromatic N) is 2. The molecule has 2 amide bonds. The summed E-state index contributed by atoms with van der Waals surface area (Å²) >= 11 is 0. The van der Waals surface area contributed by atoms with E-state index in [1.165, 1.54) is 6.26 Å². The van der Waals surface area contributed by atoms with Gasteiger partial charge in [0.15, 0.2) is 0 Å².